The molecule has 0 saturated heterocycles. The summed E-state index contributed by atoms with van der Waals surface area (Å²) in [5.41, 5.74) is 6.26. The Hall–Kier alpha value is -1.66. The quantitative estimate of drug-likeness (QED) is 0.785. The Morgan fingerprint density at radius 2 is 2.16 bits per heavy atom. The van der Waals surface area contributed by atoms with Crippen molar-refractivity contribution in [2.24, 2.45) is 5.73 Å². The molecular formula is C13H16BrN3O2. The highest BCUT2D eigenvalue weighted by Crippen LogP contribution is 2.16. The van der Waals surface area contributed by atoms with Gasteiger partial charge in [0.15, 0.2) is 0 Å². The molecule has 0 heterocycles. The molecule has 0 aliphatic carbocycles. The topological polar surface area (TPSA) is 75.4 Å². The Bertz CT molecular complexity index is 463. The molecule has 1 aromatic rings. The molecule has 0 aliphatic heterocycles. The van der Waals surface area contributed by atoms with Crippen LogP contribution in [0.3, 0.4) is 0 Å². The molecule has 5 nitrogen and oxygen atoms in total. The highest BCUT2D eigenvalue weighted by molar-refractivity contribution is 9.10. The van der Waals surface area contributed by atoms with Gasteiger partial charge in [-0.3, -0.25) is 9.69 Å². The standard InChI is InChI=1S/C13H16BrN3O2/c14-12-5-2-1-4-11(12)6-8-16-13(19)17(10-18)9-3-7-15/h1-2,4-6,8,10H,3,7,9,15H2,(H,16,19)/b8-6+. The highest BCUT2D eigenvalue weighted by atomic mass is 79.9. The molecule has 0 unspecified atom stereocenters. The molecule has 0 bridgehead atoms. The zero-order valence-electron chi connectivity index (χ0n) is 10.4. The number of benzene rings is 1. The number of amides is 3. The van der Waals surface area contributed by atoms with Crippen LogP contribution in [0.2, 0.25) is 0 Å². The van der Waals surface area contributed by atoms with Crippen LogP contribution in [0.1, 0.15) is 12.0 Å². The number of hydrogen-bond acceptors (Lipinski definition) is 3. The minimum Gasteiger partial charge on any atom is -0.330 e. The molecule has 1 aromatic carbocycles. The van der Waals surface area contributed by atoms with Crippen LogP contribution in [-0.2, 0) is 4.79 Å². The number of halogens is 1. The summed E-state index contributed by atoms with van der Waals surface area (Å²) in [6, 6.07) is 7.14. The normalized spacial score (nSPS) is 10.4. The third-order valence-electron chi connectivity index (χ3n) is 2.37. The fraction of sp³-hybridized carbons (Fsp3) is 0.231. The van der Waals surface area contributed by atoms with Crippen molar-refractivity contribution in [3.63, 3.8) is 0 Å². The minimum atomic E-state index is -0.466. The fourth-order valence-electron chi connectivity index (χ4n) is 1.36. The number of carbonyl (C=O) groups excluding carboxylic acids is 2. The molecule has 1 rings (SSSR count). The van der Waals surface area contributed by atoms with Crippen molar-refractivity contribution < 1.29 is 9.59 Å². The van der Waals surface area contributed by atoms with Crippen LogP contribution in [0.25, 0.3) is 6.08 Å². The van der Waals surface area contributed by atoms with Crippen LogP contribution in [0.4, 0.5) is 4.79 Å². The Morgan fingerprint density at radius 1 is 1.42 bits per heavy atom. The molecule has 6 heteroatoms. The van der Waals surface area contributed by atoms with E-state index >= 15 is 0 Å². The second kappa shape index (κ2) is 8.44. The zero-order valence-corrected chi connectivity index (χ0v) is 12.0. The van der Waals surface area contributed by atoms with Crippen molar-refractivity contribution >= 4 is 34.4 Å². The van der Waals surface area contributed by atoms with E-state index in [4.69, 9.17) is 5.73 Å². The predicted molar refractivity (Wildman–Crippen MR) is 78.1 cm³/mol. The fourth-order valence-corrected chi connectivity index (χ4v) is 1.78. The third-order valence-corrected chi connectivity index (χ3v) is 3.09. The predicted octanol–water partition coefficient (Wildman–Crippen LogP) is 1.94. The maximum absolute atomic E-state index is 11.6. The molecule has 3 N–H and O–H groups in total. The van der Waals surface area contributed by atoms with E-state index in [0.29, 0.717) is 25.9 Å². The molecule has 3 amide bonds. The first-order chi connectivity index (χ1) is 9.19. The van der Waals surface area contributed by atoms with Gasteiger partial charge >= 0.3 is 6.03 Å². The number of hydrogen-bond donors (Lipinski definition) is 2. The van der Waals surface area contributed by atoms with E-state index in [2.05, 4.69) is 21.2 Å². The SMILES string of the molecule is NCCCN(C=O)C(=O)N/C=C/c1ccccc1Br. The summed E-state index contributed by atoms with van der Waals surface area (Å²) in [6.45, 7) is 0.749. The van der Waals surface area contributed by atoms with Gasteiger partial charge in [0.05, 0.1) is 0 Å². The van der Waals surface area contributed by atoms with Crippen molar-refractivity contribution in [1.82, 2.24) is 10.2 Å². The lowest BCUT2D eigenvalue weighted by Crippen LogP contribution is -2.37. The van der Waals surface area contributed by atoms with Crippen LogP contribution in [0.15, 0.2) is 34.9 Å². The summed E-state index contributed by atoms with van der Waals surface area (Å²) in [6.07, 6.45) is 4.33. The van der Waals surface area contributed by atoms with Crippen molar-refractivity contribution in [3.05, 3.63) is 40.5 Å². The summed E-state index contributed by atoms with van der Waals surface area (Å²) >= 11 is 3.40. The lowest BCUT2D eigenvalue weighted by Gasteiger charge is -2.13. The van der Waals surface area contributed by atoms with E-state index in [-0.39, 0.29) is 0 Å². The van der Waals surface area contributed by atoms with E-state index in [1.165, 1.54) is 6.20 Å². The average molecular weight is 326 g/mol. The van der Waals surface area contributed by atoms with Gasteiger partial charge in [0.1, 0.15) is 0 Å². The molecular weight excluding hydrogens is 310 g/mol. The molecule has 0 spiro atoms. The number of urea groups is 1. The van der Waals surface area contributed by atoms with Gasteiger partial charge in [-0.05, 0) is 30.7 Å². The maximum atomic E-state index is 11.6. The van der Waals surface area contributed by atoms with Gasteiger partial charge < -0.3 is 11.1 Å². The molecule has 0 saturated carbocycles. The smallest absolute Gasteiger partial charge is 0.327 e. The molecule has 0 atom stereocenters. The molecule has 19 heavy (non-hydrogen) atoms. The number of nitrogens with one attached hydrogen (secondary N) is 1. The van der Waals surface area contributed by atoms with E-state index in [1.807, 2.05) is 24.3 Å². The van der Waals surface area contributed by atoms with Gasteiger partial charge in [-0.2, -0.15) is 0 Å². The zero-order chi connectivity index (χ0) is 14.1. The second-order valence-electron chi connectivity index (χ2n) is 3.75. The molecule has 102 valence electrons. The Labute approximate surface area is 120 Å². The number of nitrogens with zero attached hydrogens (tertiary/aromatic N) is 1. The van der Waals surface area contributed by atoms with Crippen molar-refractivity contribution in [3.8, 4) is 0 Å². The van der Waals surface area contributed by atoms with Crippen molar-refractivity contribution in [2.75, 3.05) is 13.1 Å². The van der Waals surface area contributed by atoms with Crippen molar-refractivity contribution in [2.45, 2.75) is 6.42 Å². The molecule has 0 aromatic heterocycles. The van der Waals surface area contributed by atoms with Gasteiger partial charge in [-0.1, -0.05) is 34.1 Å². The molecule has 0 radical (unpaired) electrons. The first-order valence-corrected chi connectivity index (χ1v) is 6.62. The van der Waals surface area contributed by atoms with Crippen molar-refractivity contribution in [1.29, 1.82) is 0 Å². The molecule has 0 fully saturated rings. The number of nitrogens with two attached hydrogens (primary N) is 1. The first-order valence-electron chi connectivity index (χ1n) is 5.82. The number of rotatable bonds is 6. The average Bonchev–Trinajstić information content (AvgIpc) is 2.42. The maximum Gasteiger partial charge on any atom is 0.327 e. The van der Waals surface area contributed by atoms with E-state index in [1.54, 1.807) is 6.08 Å². The first kappa shape index (κ1) is 15.4. The van der Waals surface area contributed by atoms with Gasteiger partial charge in [0.25, 0.3) is 0 Å². The van der Waals surface area contributed by atoms with E-state index in [0.717, 1.165) is 14.9 Å². The van der Waals surface area contributed by atoms with Gasteiger partial charge in [0.2, 0.25) is 6.41 Å². The Balaban J connectivity index is 2.53. The molecule has 0 aliphatic rings. The van der Waals surface area contributed by atoms with Crippen LogP contribution >= 0.6 is 15.9 Å². The number of imide groups is 1. The van der Waals surface area contributed by atoms with Gasteiger partial charge in [-0.25, -0.2) is 4.79 Å². The van der Waals surface area contributed by atoms with Crippen LogP contribution in [-0.4, -0.2) is 30.4 Å². The summed E-state index contributed by atoms with van der Waals surface area (Å²) in [5.74, 6) is 0. The van der Waals surface area contributed by atoms with Gasteiger partial charge in [-0.15, -0.1) is 0 Å². The van der Waals surface area contributed by atoms with Gasteiger partial charge in [0, 0.05) is 17.2 Å². The lowest BCUT2D eigenvalue weighted by atomic mass is 10.2. The summed E-state index contributed by atoms with van der Waals surface area (Å²) in [4.78, 5) is 23.4. The summed E-state index contributed by atoms with van der Waals surface area (Å²) in [7, 11) is 0. The highest BCUT2D eigenvalue weighted by Gasteiger charge is 2.09. The monoisotopic (exact) mass is 325 g/mol. The lowest BCUT2D eigenvalue weighted by molar-refractivity contribution is -0.115. The summed E-state index contributed by atoms with van der Waals surface area (Å²) < 4.78 is 0.927. The minimum absolute atomic E-state index is 0.314. The largest absolute Gasteiger partial charge is 0.330 e. The third kappa shape index (κ3) is 5.23. The van der Waals surface area contributed by atoms with E-state index < -0.39 is 6.03 Å². The summed E-state index contributed by atoms with van der Waals surface area (Å²) in [5, 5.41) is 2.53. The second-order valence-corrected chi connectivity index (χ2v) is 4.60. The van der Waals surface area contributed by atoms with Crippen LogP contribution in [0, 0.1) is 0 Å². The van der Waals surface area contributed by atoms with Crippen LogP contribution in [0.5, 0.6) is 0 Å². The number of carbonyl (C=O) groups is 2. The van der Waals surface area contributed by atoms with E-state index in [9.17, 15) is 9.59 Å². The Kier molecular flexibility index (Phi) is 6.84. The Morgan fingerprint density at radius 3 is 2.79 bits per heavy atom. The van der Waals surface area contributed by atoms with Crippen LogP contribution < -0.4 is 11.1 Å².